The number of nitrogens with zero attached hydrogens (tertiary/aromatic N) is 1. The smallest absolute Gasteiger partial charge is 0.254 e. The summed E-state index contributed by atoms with van der Waals surface area (Å²) in [7, 11) is 0. The Hall–Kier alpha value is -2.23. The highest BCUT2D eigenvalue weighted by Gasteiger charge is 2.23. The van der Waals surface area contributed by atoms with E-state index in [1.165, 1.54) is 23.4 Å². The summed E-state index contributed by atoms with van der Waals surface area (Å²) in [6.07, 6.45) is 4.07. The van der Waals surface area contributed by atoms with Gasteiger partial charge in [0.2, 0.25) is 0 Å². The van der Waals surface area contributed by atoms with Crippen LogP contribution in [0.3, 0.4) is 0 Å². The molecule has 4 heteroatoms. The minimum Gasteiger partial charge on any atom is -0.349 e. The molecule has 0 fully saturated rings. The summed E-state index contributed by atoms with van der Waals surface area (Å²) in [5.74, 6) is -0.965. The molecule has 1 aromatic heterocycles. The number of hydrogen-bond acceptors (Lipinski definition) is 2. The van der Waals surface area contributed by atoms with Crippen molar-refractivity contribution < 1.29 is 9.18 Å². The first kappa shape index (κ1) is 11.8. The quantitative estimate of drug-likeness (QED) is 0.894. The van der Waals surface area contributed by atoms with E-state index >= 15 is 0 Å². The largest absolute Gasteiger partial charge is 0.349 e. The molecule has 1 amide bonds. The fourth-order valence-corrected chi connectivity index (χ4v) is 2.48. The predicted molar refractivity (Wildman–Crippen MR) is 69.3 cm³/mol. The number of hydrogen-bond donors (Lipinski definition) is 1. The Balaban J connectivity index is 1.71. The number of carbonyl (C=O) groups is 1. The number of fused-ring (bicyclic) bond motifs is 1. The molecule has 1 aliphatic rings. The number of halogens is 1. The maximum absolute atomic E-state index is 13.5. The third kappa shape index (κ3) is 2.34. The van der Waals surface area contributed by atoms with E-state index in [-0.39, 0.29) is 17.5 Å². The molecule has 0 unspecified atom stereocenters. The molecular formula is C15H13FN2O. The Morgan fingerprint density at radius 3 is 2.53 bits per heavy atom. The van der Waals surface area contributed by atoms with Gasteiger partial charge in [-0.25, -0.2) is 4.39 Å². The van der Waals surface area contributed by atoms with Gasteiger partial charge in [0, 0.05) is 12.2 Å². The van der Waals surface area contributed by atoms with Crippen molar-refractivity contribution in [3.8, 4) is 0 Å². The van der Waals surface area contributed by atoms with Crippen molar-refractivity contribution in [1.82, 2.24) is 10.3 Å². The summed E-state index contributed by atoms with van der Waals surface area (Å²) in [6, 6.07) is 9.55. The molecule has 1 N–H and O–H groups in total. The molecule has 0 bridgehead atoms. The molecule has 0 saturated heterocycles. The summed E-state index contributed by atoms with van der Waals surface area (Å²) in [6.45, 7) is 0. The lowest BCUT2D eigenvalue weighted by molar-refractivity contribution is 0.0934. The lowest BCUT2D eigenvalue weighted by Gasteiger charge is -2.12. The van der Waals surface area contributed by atoms with Crippen molar-refractivity contribution in [2.24, 2.45) is 0 Å². The Bertz CT molecular complexity index is 602. The van der Waals surface area contributed by atoms with Crippen molar-refractivity contribution in [3.05, 3.63) is 65.2 Å². The molecule has 1 aromatic carbocycles. The molecule has 0 spiro atoms. The highest BCUT2D eigenvalue weighted by atomic mass is 19.1. The molecule has 0 aliphatic heterocycles. The van der Waals surface area contributed by atoms with E-state index in [4.69, 9.17) is 0 Å². The molecule has 3 nitrogen and oxygen atoms in total. The number of aromatic nitrogens is 1. The standard InChI is InChI=1S/C15H13FN2O/c16-14-9-17-6-5-13(14)15(19)18-12-7-10-3-1-2-4-11(10)8-12/h1-6,9,12H,7-8H2,(H,18,19). The van der Waals surface area contributed by atoms with Gasteiger partial charge in [-0.15, -0.1) is 0 Å². The van der Waals surface area contributed by atoms with Crippen molar-refractivity contribution in [1.29, 1.82) is 0 Å². The van der Waals surface area contributed by atoms with Crippen LogP contribution in [0.15, 0.2) is 42.7 Å². The van der Waals surface area contributed by atoms with Gasteiger partial charge in [0.05, 0.1) is 11.8 Å². The first-order chi connectivity index (χ1) is 9.24. The van der Waals surface area contributed by atoms with E-state index in [1.807, 2.05) is 12.1 Å². The van der Waals surface area contributed by atoms with E-state index in [0.717, 1.165) is 19.0 Å². The van der Waals surface area contributed by atoms with Crippen LogP contribution in [0.5, 0.6) is 0 Å². The third-order valence-electron chi connectivity index (χ3n) is 3.40. The minimum atomic E-state index is -0.587. The molecule has 96 valence electrons. The van der Waals surface area contributed by atoms with Gasteiger partial charge < -0.3 is 5.32 Å². The van der Waals surface area contributed by atoms with Crippen LogP contribution in [0.2, 0.25) is 0 Å². The maximum Gasteiger partial charge on any atom is 0.254 e. The van der Waals surface area contributed by atoms with E-state index in [9.17, 15) is 9.18 Å². The summed E-state index contributed by atoms with van der Waals surface area (Å²) in [4.78, 5) is 15.6. The SMILES string of the molecule is O=C(NC1Cc2ccccc2C1)c1ccncc1F. The highest BCUT2D eigenvalue weighted by Crippen LogP contribution is 2.22. The fourth-order valence-electron chi connectivity index (χ4n) is 2.48. The molecule has 1 aliphatic carbocycles. The Morgan fingerprint density at radius 2 is 1.89 bits per heavy atom. The lowest BCUT2D eigenvalue weighted by Crippen LogP contribution is -2.35. The molecule has 19 heavy (non-hydrogen) atoms. The van der Waals surface area contributed by atoms with Crippen LogP contribution >= 0.6 is 0 Å². The molecule has 1 heterocycles. The molecule has 2 aromatic rings. The van der Waals surface area contributed by atoms with E-state index < -0.39 is 5.82 Å². The second kappa shape index (κ2) is 4.80. The number of rotatable bonds is 2. The normalized spacial score (nSPS) is 14.2. The second-order valence-electron chi connectivity index (χ2n) is 4.70. The first-order valence-corrected chi connectivity index (χ1v) is 6.21. The Labute approximate surface area is 110 Å². The van der Waals surface area contributed by atoms with Gasteiger partial charge in [0.25, 0.3) is 5.91 Å². The number of nitrogens with one attached hydrogen (secondary N) is 1. The van der Waals surface area contributed by atoms with E-state index in [2.05, 4.69) is 22.4 Å². The van der Waals surface area contributed by atoms with Gasteiger partial charge in [-0.05, 0) is 30.0 Å². The number of amides is 1. The molecular weight excluding hydrogens is 243 g/mol. The molecule has 0 saturated carbocycles. The maximum atomic E-state index is 13.5. The highest BCUT2D eigenvalue weighted by molar-refractivity contribution is 5.94. The topological polar surface area (TPSA) is 42.0 Å². The number of carbonyl (C=O) groups excluding carboxylic acids is 1. The second-order valence-corrected chi connectivity index (χ2v) is 4.70. The predicted octanol–water partition coefficient (Wildman–Crippen LogP) is 2.12. The Morgan fingerprint density at radius 1 is 1.21 bits per heavy atom. The average Bonchev–Trinajstić information content (AvgIpc) is 2.81. The average molecular weight is 256 g/mol. The zero-order chi connectivity index (χ0) is 13.2. The summed E-state index contributed by atoms with van der Waals surface area (Å²) in [5, 5.41) is 2.88. The zero-order valence-electron chi connectivity index (χ0n) is 10.3. The number of benzene rings is 1. The van der Waals surface area contributed by atoms with E-state index in [0.29, 0.717) is 0 Å². The van der Waals surface area contributed by atoms with Crippen molar-refractivity contribution in [2.45, 2.75) is 18.9 Å². The lowest BCUT2D eigenvalue weighted by atomic mass is 10.1. The molecule has 0 atom stereocenters. The summed E-state index contributed by atoms with van der Waals surface area (Å²) < 4.78 is 13.5. The van der Waals surface area contributed by atoms with Crippen molar-refractivity contribution in [2.75, 3.05) is 0 Å². The first-order valence-electron chi connectivity index (χ1n) is 6.21. The van der Waals surface area contributed by atoms with Crippen LogP contribution in [-0.2, 0) is 12.8 Å². The fraction of sp³-hybridized carbons (Fsp3) is 0.200. The van der Waals surface area contributed by atoms with Crippen LogP contribution in [0, 0.1) is 5.82 Å². The van der Waals surface area contributed by atoms with Crippen LogP contribution in [0.1, 0.15) is 21.5 Å². The van der Waals surface area contributed by atoms with Crippen molar-refractivity contribution in [3.63, 3.8) is 0 Å². The molecule has 3 rings (SSSR count). The third-order valence-corrected chi connectivity index (χ3v) is 3.40. The van der Waals surface area contributed by atoms with Gasteiger partial charge in [-0.2, -0.15) is 0 Å². The van der Waals surface area contributed by atoms with Crippen molar-refractivity contribution >= 4 is 5.91 Å². The summed E-state index contributed by atoms with van der Waals surface area (Å²) >= 11 is 0. The van der Waals surface area contributed by atoms with Gasteiger partial charge in [-0.3, -0.25) is 9.78 Å². The minimum absolute atomic E-state index is 0.0393. The van der Waals surface area contributed by atoms with Crippen LogP contribution < -0.4 is 5.32 Å². The number of pyridine rings is 1. The van der Waals surface area contributed by atoms with Crippen LogP contribution in [-0.4, -0.2) is 16.9 Å². The van der Waals surface area contributed by atoms with Gasteiger partial charge >= 0.3 is 0 Å². The summed E-state index contributed by atoms with van der Waals surface area (Å²) in [5.41, 5.74) is 2.55. The van der Waals surface area contributed by atoms with Gasteiger partial charge in [0.15, 0.2) is 5.82 Å². The Kier molecular flexibility index (Phi) is 2.99. The van der Waals surface area contributed by atoms with Crippen LogP contribution in [0.4, 0.5) is 4.39 Å². The van der Waals surface area contributed by atoms with Crippen LogP contribution in [0.25, 0.3) is 0 Å². The molecule has 0 radical (unpaired) electrons. The zero-order valence-corrected chi connectivity index (χ0v) is 10.3. The monoisotopic (exact) mass is 256 g/mol. The van der Waals surface area contributed by atoms with Gasteiger partial charge in [-0.1, -0.05) is 24.3 Å². The van der Waals surface area contributed by atoms with Gasteiger partial charge in [0.1, 0.15) is 0 Å². The van der Waals surface area contributed by atoms with E-state index in [1.54, 1.807) is 0 Å².